The van der Waals surface area contributed by atoms with E-state index in [0.29, 0.717) is 56.9 Å². The SMILES string of the molecule is COc1cc(/C=C2\NC(=O)[C@H]3Cc4c(OC)c(C)c(OC)c(OC)c4[C@@H]2N3C(=O)OC(C)C)c(OC)c(C)c1OC. The third-order valence-corrected chi connectivity index (χ3v) is 7.43. The molecule has 222 valence electrons. The number of fused-ring (bicyclic) bond motifs is 4. The van der Waals surface area contributed by atoms with Crippen LogP contribution >= 0.6 is 0 Å². The molecule has 0 saturated carbocycles. The van der Waals surface area contributed by atoms with E-state index in [4.69, 9.17) is 33.2 Å². The Morgan fingerprint density at radius 3 is 2.00 bits per heavy atom. The van der Waals surface area contributed by atoms with Gasteiger partial charge in [-0.05, 0) is 39.8 Å². The second-order valence-electron chi connectivity index (χ2n) is 10.0. The van der Waals surface area contributed by atoms with Gasteiger partial charge in [0.25, 0.3) is 0 Å². The molecule has 4 rings (SSSR count). The third kappa shape index (κ3) is 4.83. The van der Waals surface area contributed by atoms with Crippen LogP contribution in [0.15, 0.2) is 11.8 Å². The number of nitrogens with zero attached hydrogens (tertiary/aromatic N) is 1. The van der Waals surface area contributed by atoms with Crippen molar-refractivity contribution in [1.82, 2.24) is 10.2 Å². The standard InChI is InChI=1S/C30H38N2O9/c1-14(2)41-30(34)32-20-13-18-22(28(40-10)27(39-9)16(4)25(18)37-7)23(32)19(31-29(20)33)11-17-12-21(35-5)26(38-8)15(3)24(17)36-6/h11-12,14,20,23H,13H2,1-10H3,(H,31,33)/b19-11-/t20-,23-/m1/s1. The molecule has 2 atom stereocenters. The molecule has 2 heterocycles. The molecule has 11 heteroatoms. The fraction of sp³-hybridized carbons (Fsp3) is 0.467. The lowest BCUT2D eigenvalue weighted by Crippen LogP contribution is -2.60. The van der Waals surface area contributed by atoms with Crippen LogP contribution in [0, 0.1) is 13.8 Å². The van der Waals surface area contributed by atoms with Gasteiger partial charge in [-0.1, -0.05) is 0 Å². The first-order valence-corrected chi connectivity index (χ1v) is 13.2. The molecule has 1 N–H and O–H groups in total. The third-order valence-electron chi connectivity index (χ3n) is 7.43. The Hall–Kier alpha value is -4.28. The van der Waals surface area contributed by atoms with E-state index in [1.165, 1.54) is 4.90 Å². The highest BCUT2D eigenvalue weighted by atomic mass is 16.6. The fourth-order valence-corrected chi connectivity index (χ4v) is 5.86. The van der Waals surface area contributed by atoms with Gasteiger partial charge in [-0.2, -0.15) is 0 Å². The van der Waals surface area contributed by atoms with Crippen LogP contribution in [-0.2, 0) is 16.0 Å². The molecule has 2 amide bonds. The normalized spacial score (nSPS) is 18.5. The molecule has 2 bridgehead atoms. The molecule has 0 aliphatic carbocycles. The first kappa shape index (κ1) is 29.7. The maximum atomic E-state index is 13.6. The zero-order chi connectivity index (χ0) is 30.2. The van der Waals surface area contributed by atoms with Crippen molar-refractivity contribution in [2.24, 2.45) is 0 Å². The van der Waals surface area contributed by atoms with E-state index in [1.54, 1.807) is 68.6 Å². The van der Waals surface area contributed by atoms with Crippen LogP contribution < -0.4 is 33.7 Å². The predicted octanol–water partition coefficient (Wildman–Crippen LogP) is 4.34. The molecule has 1 fully saturated rings. The van der Waals surface area contributed by atoms with Crippen molar-refractivity contribution in [2.75, 3.05) is 42.7 Å². The van der Waals surface area contributed by atoms with Crippen molar-refractivity contribution in [1.29, 1.82) is 0 Å². The lowest BCUT2D eigenvalue weighted by molar-refractivity contribution is -0.129. The number of methoxy groups -OCH3 is 6. The van der Waals surface area contributed by atoms with Gasteiger partial charge in [-0.3, -0.25) is 9.69 Å². The Morgan fingerprint density at radius 1 is 0.878 bits per heavy atom. The molecule has 41 heavy (non-hydrogen) atoms. The van der Waals surface area contributed by atoms with Gasteiger partial charge in [0.1, 0.15) is 23.6 Å². The zero-order valence-electron chi connectivity index (χ0n) is 25.2. The Balaban J connectivity index is 2.09. The molecule has 11 nitrogen and oxygen atoms in total. The highest BCUT2D eigenvalue weighted by Gasteiger charge is 2.51. The maximum Gasteiger partial charge on any atom is 0.411 e. The van der Waals surface area contributed by atoms with E-state index in [-0.39, 0.29) is 12.3 Å². The molecule has 2 aliphatic rings. The molecule has 2 aliphatic heterocycles. The minimum atomic E-state index is -0.851. The van der Waals surface area contributed by atoms with Gasteiger partial charge in [0.05, 0.1) is 48.8 Å². The molecular weight excluding hydrogens is 532 g/mol. The van der Waals surface area contributed by atoms with Gasteiger partial charge in [0, 0.05) is 39.9 Å². The van der Waals surface area contributed by atoms with E-state index in [0.717, 1.165) is 11.1 Å². The topological polar surface area (TPSA) is 114 Å². The number of ether oxygens (including phenoxy) is 7. The summed E-state index contributed by atoms with van der Waals surface area (Å²) < 4.78 is 40.0. The number of piperazine rings is 1. The molecule has 2 aromatic carbocycles. The second-order valence-corrected chi connectivity index (χ2v) is 10.0. The monoisotopic (exact) mass is 570 g/mol. The second kappa shape index (κ2) is 11.7. The van der Waals surface area contributed by atoms with Crippen molar-refractivity contribution >= 4 is 18.1 Å². The van der Waals surface area contributed by atoms with Crippen molar-refractivity contribution in [3.8, 4) is 34.5 Å². The molecule has 0 aromatic heterocycles. The average Bonchev–Trinajstić information content (AvgIpc) is 2.93. The number of carbonyl (C=O) groups is 2. The van der Waals surface area contributed by atoms with Crippen LogP contribution in [0.1, 0.15) is 47.7 Å². The molecule has 0 radical (unpaired) electrons. The first-order valence-electron chi connectivity index (χ1n) is 13.2. The Labute approximate surface area is 240 Å². The summed E-state index contributed by atoms with van der Waals surface area (Å²) in [5, 5.41) is 3.03. The predicted molar refractivity (Wildman–Crippen MR) is 151 cm³/mol. The van der Waals surface area contributed by atoms with Gasteiger partial charge in [-0.15, -0.1) is 0 Å². The summed E-state index contributed by atoms with van der Waals surface area (Å²) >= 11 is 0. The van der Waals surface area contributed by atoms with Crippen molar-refractivity contribution in [3.05, 3.63) is 39.6 Å². The lowest BCUT2D eigenvalue weighted by atomic mass is 9.81. The van der Waals surface area contributed by atoms with Crippen LogP contribution in [0.25, 0.3) is 6.08 Å². The van der Waals surface area contributed by atoms with Crippen LogP contribution in [0.2, 0.25) is 0 Å². The number of amides is 2. The summed E-state index contributed by atoms with van der Waals surface area (Å²) in [7, 11) is 9.30. The zero-order valence-corrected chi connectivity index (χ0v) is 25.2. The van der Waals surface area contributed by atoms with Crippen LogP contribution in [-0.4, -0.2) is 71.7 Å². The van der Waals surface area contributed by atoms with E-state index in [1.807, 2.05) is 13.8 Å². The van der Waals surface area contributed by atoms with Crippen LogP contribution in [0.5, 0.6) is 34.5 Å². The summed E-state index contributed by atoms with van der Waals surface area (Å²) in [5.74, 6) is 2.64. The average molecular weight is 571 g/mol. The van der Waals surface area contributed by atoms with Gasteiger partial charge in [0.15, 0.2) is 23.0 Å². The van der Waals surface area contributed by atoms with Gasteiger partial charge < -0.3 is 38.5 Å². The highest BCUT2D eigenvalue weighted by Crippen LogP contribution is 2.54. The van der Waals surface area contributed by atoms with E-state index in [9.17, 15) is 9.59 Å². The van der Waals surface area contributed by atoms with Gasteiger partial charge >= 0.3 is 6.09 Å². The van der Waals surface area contributed by atoms with E-state index in [2.05, 4.69) is 5.32 Å². The molecule has 2 aromatic rings. The van der Waals surface area contributed by atoms with Crippen molar-refractivity contribution in [2.45, 2.75) is 52.3 Å². The minimum absolute atomic E-state index is 0.196. The van der Waals surface area contributed by atoms with Crippen LogP contribution in [0.3, 0.4) is 0 Å². The Bertz CT molecular complexity index is 1400. The molecular formula is C30H38N2O9. The number of hydrogen-bond donors (Lipinski definition) is 1. The molecule has 0 spiro atoms. The van der Waals surface area contributed by atoms with Gasteiger partial charge in [0.2, 0.25) is 5.91 Å². The number of benzene rings is 2. The molecule has 0 unspecified atom stereocenters. The van der Waals surface area contributed by atoms with Crippen LogP contribution in [0.4, 0.5) is 4.79 Å². The maximum absolute atomic E-state index is 13.6. The summed E-state index contributed by atoms with van der Waals surface area (Å²) in [6.45, 7) is 7.23. The number of hydrogen-bond acceptors (Lipinski definition) is 9. The highest BCUT2D eigenvalue weighted by molar-refractivity contribution is 5.93. The number of nitrogens with one attached hydrogen (secondary N) is 1. The summed E-state index contributed by atoms with van der Waals surface area (Å²) in [4.78, 5) is 28.8. The number of rotatable bonds is 8. The summed E-state index contributed by atoms with van der Waals surface area (Å²) in [5.41, 5.74) is 3.83. The summed E-state index contributed by atoms with van der Waals surface area (Å²) in [6.07, 6.45) is 0.923. The smallest absolute Gasteiger partial charge is 0.411 e. The Morgan fingerprint density at radius 2 is 1.46 bits per heavy atom. The van der Waals surface area contributed by atoms with Crippen molar-refractivity contribution < 1.29 is 42.7 Å². The Kier molecular flexibility index (Phi) is 8.46. The quantitative estimate of drug-likeness (QED) is 0.495. The minimum Gasteiger partial charge on any atom is -0.496 e. The largest absolute Gasteiger partial charge is 0.496 e. The van der Waals surface area contributed by atoms with E-state index < -0.39 is 24.3 Å². The van der Waals surface area contributed by atoms with E-state index >= 15 is 0 Å². The number of carbonyl (C=O) groups excluding carboxylic acids is 2. The molecule has 1 saturated heterocycles. The fourth-order valence-electron chi connectivity index (χ4n) is 5.86. The summed E-state index contributed by atoms with van der Waals surface area (Å²) in [6, 6.07) is 0.0877. The first-order chi connectivity index (χ1) is 19.6. The van der Waals surface area contributed by atoms with Crippen molar-refractivity contribution in [3.63, 3.8) is 0 Å². The van der Waals surface area contributed by atoms with Gasteiger partial charge in [-0.25, -0.2) is 4.79 Å². The lowest BCUT2D eigenvalue weighted by Gasteiger charge is -2.47.